The molecule has 1 aliphatic heterocycles. The van der Waals surface area contributed by atoms with Gasteiger partial charge in [0, 0.05) is 25.1 Å². The zero-order valence-electron chi connectivity index (χ0n) is 23.2. The fourth-order valence-electron chi connectivity index (χ4n) is 4.71. The second-order valence-corrected chi connectivity index (χ2v) is 11.7. The van der Waals surface area contributed by atoms with Crippen LogP contribution in [0.15, 0.2) is 76.6 Å². The molecule has 0 unspecified atom stereocenters. The summed E-state index contributed by atoms with van der Waals surface area (Å²) in [6, 6.07) is 18.3. The molecule has 2 amide bonds. The number of fused-ring (bicyclic) bond motifs is 1. The van der Waals surface area contributed by atoms with Gasteiger partial charge in [0.1, 0.15) is 11.9 Å². The standard InChI is InChI=1S/C29H36N8O4S/c30-27(31)22-10-8-20(9-11-22)16-25(28(39)37-14-4-1-5-15-37)35-26(38)18-33-19-34-29(32)36-42(40,41)24-13-12-21-6-2-3-7-23(21)17-24/h2-3,6-13,17,25,33H,1,4-5,14-16,18-19H2,(H3,30,31)(H,35,38)(H3,32,34,36)/t25-/m1/s1. The largest absolute Gasteiger partial charge is 0.384 e. The summed E-state index contributed by atoms with van der Waals surface area (Å²) in [7, 11) is -3.95. The number of nitrogens with two attached hydrogens (primary N) is 2. The number of piperidine rings is 1. The Morgan fingerprint density at radius 2 is 1.64 bits per heavy atom. The summed E-state index contributed by atoms with van der Waals surface area (Å²) in [6.45, 7) is 1.00. The molecule has 4 rings (SSSR count). The van der Waals surface area contributed by atoms with Gasteiger partial charge in [-0.1, -0.05) is 54.6 Å². The van der Waals surface area contributed by atoms with Crippen molar-refractivity contribution in [2.45, 2.75) is 36.6 Å². The summed E-state index contributed by atoms with van der Waals surface area (Å²) in [5.74, 6) is -0.949. The van der Waals surface area contributed by atoms with Crippen molar-refractivity contribution in [1.82, 2.24) is 20.3 Å². The van der Waals surface area contributed by atoms with Crippen LogP contribution >= 0.6 is 0 Å². The number of likely N-dealkylation sites (tertiary alicyclic amines) is 1. The monoisotopic (exact) mass is 592 g/mol. The molecule has 1 atom stereocenters. The number of hydrogen-bond acceptors (Lipinski definition) is 7. The van der Waals surface area contributed by atoms with Crippen molar-refractivity contribution < 1.29 is 18.0 Å². The first kappa shape index (κ1) is 30.5. The molecule has 0 aromatic heterocycles. The Morgan fingerprint density at radius 1 is 0.952 bits per heavy atom. The molecule has 12 nitrogen and oxygen atoms in total. The maximum atomic E-state index is 13.3. The molecule has 222 valence electrons. The summed E-state index contributed by atoms with van der Waals surface area (Å²) in [5, 5.41) is 14.8. The van der Waals surface area contributed by atoms with Crippen LogP contribution in [0.4, 0.5) is 0 Å². The Hall–Kier alpha value is -4.49. The number of amides is 2. The molecule has 13 heteroatoms. The van der Waals surface area contributed by atoms with Crippen molar-refractivity contribution in [2.75, 3.05) is 26.3 Å². The third kappa shape index (κ3) is 8.27. The number of nitrogen functional groups attached to an aromatic ring is 1. The number of guanidine groups is 1. The number of carbonyl (C=O) groups is 2. The van der Waals surface area contributed by atoms with E-state index in [1.54, 1.807) is 41.3 Å². The predicted octanol–water partition coefficient (Wildman–Crippen LogP) is 1.00. The molecule has 0 saturated carbocycles. The Kier molecular flexibility index (Phi) is 10.1. The number of aliphatic imine (C=N–C) groups is 1. The van der Waals surface area contributed by atoms with Gasteiger partial charge >= 0.3 is 0 Å². The van der Waals surface area contributed by atoms with E-state index in [-0.39, 0.29) is 42.2 Å². The van der Waals surface area contributed by atoms with E-state index in [0.717, 1.165) is 35.6 Å². The topological polar surface area (TPSA) is 196 Å². The number of amidine groups is 1. The lowest BCUT2D eigenvalue weighted by molar-refractivity contribution is -0.137. The van der Waals surface area contributed by atoms with Crippen molar-refractivity contribution in [3.8, 4) is 0 Å². The zero-order chi connectivity index (χ0) is 30.1. The van der Waals surface area contributed by atoms with Crippen LogP contribution in [0.2, 0.25) is 0 Å². The number of carbonyl (C=O) groups excluding carboxylic acids is 2. The Balaban J connectivity index is 1.32. The molecule has 3 aromatic rings. The normalized spacial score (nSPS) is 14.8. The molecular formula is C29H36N8O4S. The van der Waals surface area contributed by atoms with Gasteiger partial charge in [0.25, 0.3) is 10.0 Å². The van der Waals surface area contributed by atoms with Crippen LogP contribution in [-0.4, -0.2) is 69.3 Å². The first-order valence-electron chi connectivity index (χ1n) is 13.7. The minimum absolute atomic E-state index is 0.0482. The van der Waals surface area contributed by atoms with Crippen molar-refractivity contribution in [3.63, 3.8) is 0 Å². The van der Waals surface area contributed by atoms with E-state index in [4.69, 9.17) is 16.9 Å². The Labute approximate surface area is 245 Å². The molecule has 1 fully saturated rings. The van der Waals surface area contributed by atoms with E-state index in [9.17, 15) is 18.0 Å². The quantitative estimate of drug-likeness (QED) is 0.108. The van der Waals surface area contributed by atoms with E-state index < -0.39 is 22.0 Å². The van der Waals surface area contributed by atoms with Gasteiger partial charge in [0.15, 0.2) is 0 Å². The van der Waals surface area contributed by atoms with Crippen molar-refractivity contribution >= 4 is 44.4 Å². The van der Waals surface area contributed by atoms with E-state index in [1.165, 1.54) is 6.07 Å². The maximum absolute atomic E-state index is 13.3. The highest BCUT2D eigenvalue weighted by Crippen LogP contribution is 2.19. The van der Waals surface area contributed by atoms with Crippen LogP contribution in [0.5, 0.6) is 0 Å². The number of nitrogens with zero attached hydrogens (tertiary/aromatic N) is 2. The van der Waals surface area contributed by atoms with Crippen LogP contribution in [-0.2, 0) is 26.0 Å². The van der Waals surface area contributed by atoms with Gasteiger partial charge in [-0.15, -0.1) is 0 Å². The molecule has 1 aliphatic rings. The van der Waals surface area contributed by atoms with E-state index in [0.29, 0.717) is 18.7 Å². The summed E-state index contributed by atoms with van der Waals surface area (Å²) >= 11 is 0. The third-order valence-corrected chi connectivity index (χ3v) is 8.28. The molecule has 1 heterocycles. The minimum Gasteiger partial charge on any atom is -0.384 e. The van der Waals surface area contributed by atoms with Gasteiger partial charge in [-0.25, -0.2) is 18.1 Å². The number of benzene rings is 3. The molecule has 1 saturated heterocycles. The molecule has 0 aliphatic carbocycles. The summed E-state index contributed by atoms with van der Waals surface area (Å²) in [4.78, 5) is 31.8. The lowest BCUT2D eigenvalue weighted by atomic mass is 10.0. The van der Waals surface area contributed by atoms with Gasteiger partial charge in [-0.3, -0.25) is 20.3 Å². The average molecular weight is 593 g/mol. The third-order valence-electron chi connectivity index (χ3n) is 6.92. The highest BCUT2D eigenvalue weighted by molar-refractivity contribution is 7.90. The fourth-order valence-corrected chi connectivity index (χ4v) is 5.70. The molecule has 0 radical (unpaired) electrons. The van der Waals surface area contributed by atoms with E-state index >= 15 is 0 Å². The van der Waals surface area contributed by atoms with Gasteiger partial charge < -0.3 is 21.7 Å². The van der Waals surface area contributed by atoms with E-state index in [2.05, 4.69) is 20.3 Å². The van der Waals surface area contributed by atoms with Crippen LogP contribution in [0.3, 0.4) is 0 Å². The van der Waals surface area contributed by atoms with Crippen LogP contribution in [0.25, 0.3) is 10.8 Å². The lowest BCUT2D eigenvalue weighted by Crippen LogP contribution is -2.52. The van der Waals surface area contributed by atoms with Gasteiger partial charge in [-0.2, -0.15) is 0 Å². The van der Waals surface area contributed by atoms with Gasteiger partial charge in [-0.05, 0) is 47.7 Å². The first-order chi connectivity index (χ1) is 20.1. The molecule has 0 bridgehead atoms. The summed E-state index contributed by atoms with van der Waals surface area (Å²) in [6.07, 6.45) is 3.19. The van der Waals surface area contributed by atoms with Crippen molar-refractivity contribution in [1.29, 1.82) is 5.41 Å². The summed E-state index contributed by atoms with van der Waals surface area (Å²) < 4.78 is 27.7. The average Bonchev–Trinajstić information content (AvgIpc) is 2.99. The number of rotatable bonds is 11. The SMILES string of the molecule is N=C(N)c1ccc(C[C@@H](NC(=O)CNC/N=C(\N)NS(=O)(=O)c2ccc3ccccc3c2)C(=O)N2CCCCC2)cc1. The van der Waals surface area contributed by atoms with Crippen LogP contribution in [0, 0.1) is 5.41 Å². The summed E-state index contributed by atoms with van der Waals surface area (Å²) in [5.41, 5.74) is 12.7. The molecule has 3 aromatic carbocycles. The van der Waals surface area contributed by atoms with Gasteiger partial charge in [0.2, 0.25) is 17.8 Å². The van der Waals surface area contributed by atoms with Crippen molar-refractivity contribution in [2.24, 2.45) is 16.5 Å². The zero-order valence-corrected chi connectivity index (χ0v) is 24.0. The minimum atomic E-state index is -3.95. The fraction of sp³-hybridized carbons (Fsp3) is 0.310. The number of nitrogens with one attached hydrogen (secondary N) is 4. The molecule has 42 heavy (non-hydrogen) atoms. The smallest absolute Gasteiger partial charge is 0.264 e. The highest BCUT2D eigenvalue weighted by Gasteiger charge is 2.27. The molecule has 8 N–H and O–H groups in total. The van der Waals surface area contributed by atoms with Crippen molar-refractivity contribution in [3.05, 3.63) is 77.9 Å². The lowest BCUT2D eigenvalue weighted by Gasteiger charge is -2.31. The Morgan fingerprint density at radius 3 is 2.33 bits per heavy atom. The number of hydrogen-bond donors (Lipinski definition) is 6. The van der Waals surface area contributed by atoms with E-state index in [1.807, 2.05) is 24.3 Å². The van der Waals surface area contributed by atoms with Gasteiger partial charge in [0.05, 0.1) is 18.1 Å². The molecular weight excluding hydrogens is 556 g/mol. The van der Waals surface area contributed by atoms with Crippen LogP contribution < -0.4 is 26.8 Å². The predicted molar refractivity (Wildman–Crippen MR) is 162 cm³/mol. The maximum Gasteiger partial charge on any atom is 0.264 e. The van der Waals surface area contributed by atoms with Crippen LogP contribution in [0.1, 0.15) is 30.4 Å². The first-order valence-corrected chi connectivity index (χ1v) is 15.1. The Bertz CT molecular complexity index is 1570. The second-order valence-electron chi connectivity index (χ2n) is 10.1. The molecule has 0 spiro atoms. The highest BCUT2D eigenvalue weighted by atomic mass is 32.2. The number of sulfonamides is 1. The second kappa shape index (κ2) is 13.9.